The van der Waals surface area contributed by atoms with Gasteiger partial charge in [-0.15, -0.1) is 0 Å². The third-order valence-electron chi connectivity index (χ3n) is 3.37. The summed E-state index contributed by atoms with van der Waals surface area (Å²) >= 11 is 0. The van der Waals surface area contributed by atoms with Gasteiger partial charge in [0.1, 0.15) is 0 Å². The molecule has 0 fully saturated rings. The lowest BCUT2D eigenvalue weighted by Crippen LogP contribution is -2.34. The number of hydrogen-bond acceptors (Lipinski definition) is 4. The predicted molar refractivity (Wildman–Crippen MR) is 78.3 cm³/mol. The number of hydrogen-bond donors (Lipinski definition) is 2. The number of carbonyl (C=O) groups is 3. The van der Waals surface area contributed by atoms with Crippen molar-refractivity contribution in [2.75, 3.05) is 19.7 Å². The number of carbonyl (C=O) groups excluding carboxylic acids is 3. The summed E-state index contributed by atoms with van der Waals surface area (Å²) in [6.07, 6.45) is 8.70. The second-order valence-corrected chi connectivity index (χ2v) is 5.11. The largest absolute Gasteiger partial charge is 0.396 e. The zero-order valence-electron chi connectivity index (χ0n) is 12.3. The lowest BCUT2D eigenvalue weighted by Gasteiger charge is -2.13. The third kappa shape index (κ3) is 7.04. The van der Waals surface area contributed by atoms with Crippen molar-refractivity contribution in [3.8, 4) is 0 Å². The Labute approximate surface area is 125 Å². The normalized spacial score (nSPS) is 14.0. The van der Waals surface area contributed by atoms with Crippen molar-refractivity contribution < 1.29 is 19.5 Å². The van der Waals surface area contributed by atoms with Gasteiger partial charge in [-0.2, -0.15) is 0 Å². The Morgan fingerprint density at radius 2 is 1.57 bits per heavy atom. The molecule has 0 radical (unpaired) electrons. The van der Waals surface area contributed by atoms with Crippen LogP contribution < -0.4 is 5.32 Å². The molecule has 6 nitrogen and oxygen atoms in total. The average molecular weight is 296 g/mol. The van der Waals surface area contributed by atoms with Crippen molar-refractivity contribution in [1.29, 1.82) is 0 Å². The summed E-state index contributed by atoms with van der Waals surface area (Å²) in [5, 5.41) is 11.4. The Morgan fingerprint density at radius 3 is 2.19 bits per heavy atom. The highest BCUT2D eigenvalue weighted by molar-refractivity contribution is 6.13. The highest BCUT2D eigenvalue weighted by atomic mass is 16.3. The molecular weight excluding hydrogens is 272 g/mol. The number of imide groups is 1. The summed E-state index contributed by atoms with van der Waals surface area (Å²) in [6.45, 7) is 1.02. The minimum absolute atomic E-state index is 0.136. The van der Waals surface area contributed by atoms with E-state index in [2.05, 4.69) is 5.32 Å². The van der Waals surface area contributed by atoms with Crippen LogP contribution in [0.5, 0.6) is 0 Å². The molecule has 1 aliphatic rings. The van der Waals surface area contributed by atoms with Crippen LogP contribution in [0.2, 0.25) is 0 Å². The highest BCUT2D eigenvalue weighted by Crippen LogP contribution is 2.05. The van der Waals surface area contributed by atoms with Crippen molar-refractivity contribution in [1.82, 2.24) is 10.2 Å². The minimum atomic E-state index is -0.351. The summed E-state index contributed by atoms with van der Waals surface area (Å²) in [5.74, 6) is -0.839. The van der Waals surface area contributed by atoms with Crippen molar-refractivity contribution in [2.45, 2.75) is 44.9 Å². The van der Waals surface area contributed by atoms with Gasteiger partial charge in [0.15, 0.2) is 0 Å². The van der Waals surface area contributed by atoms with Crippen LogP contribution in [0.1, 0.15) is 44.9 Å². The smallest absolute Gasteiger partial charge is 0.253 e. The van der Waals surface area contributed by atoms with E-state index in [1.165, 1.54) is 12.2 Å². The molecule has 0 spiro atoms. The molecule has 0 saturated heterocycles. The Bertz CT molecular complexity index is 375. The maximum absolute atomic E-state index is 11.6. The molecule has 21 heavy (non-hydrogen) atoms. The van der Waals surface area contributed by atoms with Crippen LogP contribution in [-0.4, -0.2) is 47.4 Å². The van der Waals surface area contributed by atoms with Gasteiger partial charge in [-0.3, -0.25) is 19.3 Å². The van der Waals surface area contributed by atoms with Gasteiger partial charge < -0.3 is 10.4 Å². The van der Waals surface area contributed by atoms with Crippen LogP contribution >= 0.6 is 0 Å². The van der Waals surface area contributed by atoms with Crippen LogP contribution in [0.4, 0.5) is 0 Å². The van der Waals surface area contributed by atoms with Gasteiger partial charge in [-0.25, -0.2) is 0 Å². The number of aliphatic hydroxyl groups is 1. The fourth-order valence-electron chi connectivity index (χ4n) is 2.12. The fraction of sp³-hybridized carbons (Fsp3) is 0.667. The predicted octanol–water partition coefficient (Wildman–Crippen LogP) is 0.751. The van der Waals surface area contributed by atoms with Gasteiger partial charge in [-0.1, -0.05) is 25.7 Å². The van der Waals surface area contributed by atoms with Crippen molar-refractivity contribution in [3.63, 3.8) is 0 Å². The number of nitrogens with zero attached hydrogens (tertiary/aromatic N) is 1. The zero-order chi connectivity index (χ0) is 15.5. The maximum Gasteiger partial charge on any atom is 0.253 e. The first-order chi connectivity index (χ1) is 10.1. The molecule has 3 amide bonds. The minimum Gasteiger partial charge on any atom is -0.396 e. The van der Waals surface area contributed by atoms with E-state index in [1.54, 1.807) is 0 Å². The lowest BCUT2D eigenvalue weighted by atomic mass is 10.1. The van der Waals surface area contributed by atoms with Crippen molar-refractivity contribution in [2.24, 2.45) is 0 Å². The fourth-order valence-corrected chi connectivity index (χ4v) is 2.12. The second kappa shape index (κ2) is 10.1. The van der Waals surface area contributed by atoms with Crippen LogP contribution in [0.3, 0.4) is 0 Å². The van der Waals surface area contributed by atoms with E-state index in [0.29, 0.717) is 6.54 Å². The first-order valence-corrected chi connectivity index (χ1v) is 7.56. The van der Waals surface area contributed by atoms with E-state index >= 15 is 0 Å². The molecule has 0 aliphatic carbocycles. The van der Waals surface area contributed by atoms with Gasteiger partial charge in [0.05, 0.1) is 0 Å². The second-order valence-electron chi connectivity index (χ2n) is 5.11. The van der Waals surface area contributed by atoms with Gasteiger partial charge in [-0.05, 0) is 12.8 Å². The van der Waals surface area contributed by atoms with Gasteiger partial charge in [0.25, 0.3) is 11.8 Å². The number of amides is 3. The summed E-state index contributed by atoms with van der Waals surface area (Å²) in [6, 6.07) is 0. The molecule has 1 aliphatic heterocycles. The third-order valence-corrected chi connectivity index (χ3v) is 3.37. The molecular formula is C15H24N2O4. The molecule has 118 valence electrons. The SMILES string of the molecule is O=C(CCN1C(=O)C=CC1=O)NCCCCCCCCO. The first kappa shape index (κ1) is 17.4. The average Bonchev–Trinajstić information content (AvgIpc) is 2.78. The van der Waals surface area contributed by atoms with Gasteiger partial charge in [0, 0.05) is 38.3 Å². The number of unbranched alkanes of at least 4 members (excludes halogenated alkanes) is 5. The summed E-state index contributed by atoms with van der Waals surface area (Å²) in [5.41, 5.74) is 0. The molecule has 0 bridgehead atoms. The highest BCUT2D eigenvalue weighted by Gasteiger charge is 2.23. The molecule has 0 saturated carbocycles. The van der Waals surface area contributed by atoms with Crippen LogP contribution in [0, 0.1) is 0 Å². The van der Waals surface area contributed by atoms with Gasteiger partial charge >= 0.3 is 0 Å². The number of rotatable bonds is 11. The monoisotopic (exact) mass is 296 g/mol. The van der Waals surface area contributed by atoms with E-state index in [9.17, 15) is 14.4 Å². The Morgan fingerprint density at radius 1 is 1.00 bits per heavy atom. The molecule has 1 heterocycles. The topological polar surface area (TPSA) is 86.7 Å². The molecule has 6 heteroatoms. The molecule has 0 atom stereocenters. The van der Waals surface area contributed by atoms with E-state index in [-0.39, 0.29) is 37.3 Å². The number of aliphatic hydroxyl groups excluding tert-OH is 1. The van der Waals surface area contributed by atoms with E-state index in [0.717, 1.165) is 43.4 Å². The quantitative estimate of drug-likeness (QED) is 0.435. The molecule has 0 aromatic rings. The summed E-state index contributed by atoms with van der Waals surface area (Å²) < 4.78 is 0. The van der Waals surface area contributed by atoms with E-state index < -0.39 is 0 Å². The Kier molecular flexibility index (Phi) is 8.35. The first-order valence-electron chi connectivity index (χ1n) is 7.56. The standard InChI is InChI=1S/C15H24N2O4/c18-12-6-4-2-1-3-5-10-16-13(19)9-11-17-14(20)7-8-15(17)21/h7-8,18H,1-6,9-12H2,(H,16,19). The Balaban J connectivity index is 1.97. The number of nitrogens with one attached hydrogen (secondary N) is 1. The van der Waals surface area contributed by atoms with Gasteiger partial charge in [0.2, 0.25) is 5.91 Å². The van der Waals surface area contributed by atoms with Crippen LogP contribution in [0.15, 0.2) is 12.2 Å². The van der Waals surface area contributed by atoms with Crippen molar-refractivity contribution in [3.05, 3.63) is 12.2 Å². The molecule has 2 N–H and O–H groups in total. The molecule has 0 aromatic heterocycles. The summed E-state index contributed by atoms with van der Waals surface area (Å²) in [7, 11) is 0. The molecule has 0 unspecified atom stereocenters. The van der Waals surface area contributed by atoms with E-state index in [1.807, 2.05) is 0 Å². The lowest BCUT2D eigenvalue weighted by molar-refractivity contribution is -0.137. The van der Waals surface area contributed by atoms with Crippen LogP contribution in [0.25, 0.3) is 0 Å². The summed E-state index contributed by atoms with van der Waals surface area (Å²) in [4.78, 5) is 35.2. The van der Waals surface area contributed by atoms with Crippen LogP contribution in [-0.2, 0) is 14.4 Å². The maximum atomic E-state index is 11.6. The Hall–Kier alpha value is -1.69. The zero-order valence-corrected chi connectivity index (χ0v) is 12.3. The molecule has 0 aromatic carbocycles. The molecule has 1 rings (SSSR count). The van der Waals surface area contributed by atoms with E-state index in [4.69, 9.17) is 5.11 Å². The van der Waals surface area contributed by atoms with Crippen molar-refractivity contribution >= 4 is 17.7 Å².